The lowest BCUT2D eigenvalue weighted by atomic mass is 10.2. The van der Waals surface area contributed by atoms with E-state index < -0.39 is 0 Å². The molecule has 46 heavy (non-hydrogen) atoms. The summed E-state index contributed by atoms with van der Waals surface area (Å²) in [6.07, 6.45) is 8.29. The molecule has 3 aliphatic heterocycles. The number of nitrogens with one attached hydrogen (secondary N) is 1. The number of benzene rings is 3. The number of halogens is 1. The van der Waals surface area contributed by atoms with Crippen molar-refractivity contribution in [3.05, 3.63) is 83.5 Å². The Balaban J connectivity index is 1.08. The van der Waals surface area contributed by atoms with E-state index in [1.807, 2.05) is 77.5 Å². The molecule has 0 aliphatic carbocycles. The highest BCUT2D eigenvalue weighted by atomic mass is 35.5. The van der Waals surface area contributed by atoms with Crippen LogP contribution in [0.4, 0.5) is 29.2 Å². The number of amides is 1. The fraction of sp³-hybridized carbons (Fsp3) is 0.265. The predicted molar refractivity (Wildman–Crippen MR) is 185 cm³/mol. The molecule has 1 amide bonds. The van der Waals surface area contributed by atoms with E-state index >= 15 is 0 Å². The zero-order valence-electron chi connectivity index (χ0n) is 25.1. The molecule has 3 aliphatic rings. The maximum absolute atomic E-state index is 14.1. The first-order chi connectivity index (χ1) is 22.6. The second-order valence-corrected chi connectivity index (χ2v) is 13.2. The number of anilines is 5. The van der Waals surface area contributed by atoms with Crippen molar-refractivity contribution in [2.24, 2.45) is 5.10 Å². The summed E-state index contributed by atoms with van der Waals surface area (Å²) in [4.78, 5) is 36.6. The molecule has 0 spiro atoms. The largest absolute Gasteiger partial charge is 0.341 e. The van der Waals surface area contributed by atoms with Crippen molar-refractivity contribution in [1.29, 1.82) is 0 Å². The van der Waals surface area contributed by atoms with Crippen molar-refractivity contribution in [1.82, 2.24) is 19.5 Å². The third-order valence-corrected chi connectivity index (χ3v) is 9.99. The first kappa shape index (κ1) is 28.8. The summed E-state index contributed by atoms with van der Waals surface area (Å²) in [5.74, 6) is 1.76. The van der Waals surface area contributed by atoms with Crippen LogP contribution >= 0.6 is 23.4 Å². The number of carbonyl (C=O) groups excluding carboxylic acids is 1. The minimum atomic E-state index is -0.0623. The van der Waals surface area contributed by atoms with Gasteiger partial charge in [0.05, 0.1) is 17.6 Å². The highest BCUT2D eigenvalue weighted by Gasteiger charge is 2.29. The Morgan fingerprint density at radius 3 is 2.28 bits per heavy atom. The first-order valence-corrected chi connectivity index (χ1v) is 16.8. The van der Waals surface area contributed by atoms with E-state index in [4.69, 9.17) is 26.6 Å². The second kappa shape index (κ2) is 12.3. The van der Waals surface area contributed by atoms with Crippen LogP contribution in [0.25, 0.3) is 10.9 Å². The molecule has 0 saturated carbocycles. The van der Waals surface area contributed by atoms with E-state index in [1.165, 1.54) is 0 Å². The van der Waals surface area contributed by atoms with Gasteiger partial charge in [-0.15, -0.1) is 0 Å². The summed E-state index contributed by atoms with van der Waals surface area (Å²) >= 11 is 8.05. The number of rotatable bonds is 7. The average Bonchev–Trinajstić information content (AvgIpc) is 3.87. The molecule has 0 atom stereocenters. The van der Waals surface area contributed by atoms with E-state index in [9.17, 15) is 4.79 Å². The van der Waals surface area contributed by atoms with Gasteiger partial charge >= 0.3 is 0 Å². The van der Waals surface area contributed by atoms with Crippen molar-refractivity contribution in [3.8, 4) is 0 Å². The number of para-hydroxylation sites is 2. The summed E-state index contributed by atoms with van der Waals surface area (Å²) in [5, 5.41) is 6.14. The van der Waals surface area contributed by atoms with Crippen molar-refractivity contribution in [2.45, 2.75) is 42.0 Å². The van der Waals surface area contributed by atoms with E-state index in [1.54, 1.807) is 22.9 Å². The summed E-state index contributed by atoms with van der Waals surface area (Å²) < 4.78 is 1.98. The molecule has 0 bridgehead atoms. The third-order valence-electron chi connectivity index (χ3n) is 8.62. The lowest BCUT2D eigenvalue weighted by molar-refractivity contribution is -0.118. The van der Waals surface area contributed by atoms with Crippen LogP contribution in [0.3, 0.4) is 0 Å². The molecular formula is C34H32ClN9OS. The Morgan fingerprint density at radius 2 is 1.52 bits per heavy atom. The lowest BCUT2D eigenvalue weighted by Gasteiger charge is -2.31. The van der Waals surface area contributed by atoms with Gasteiger partial charge in [-0.1, -0.05) is 53.7 Å². The van der Waals surface area contributed by atoms with Crippen molar-refractivity contribution >= 4 is 75.6 Å². The maximum Gasteiger partial charge on any atom is 0.251 e. The maximum atomic E-state index is 14.1. The van der Waals surface area contributed by atoms with Gasteiger partial charge < -0.3 is 14.4 Å². The molecule has 1 N–H and O–H groups in total. The van der Waals surface area contributed by atoms with E-state index in [0.717, 1.165) is 89.5 Å². The molecule has 2 aromatic heterocycles. The van der Waals surface area contributed by atoms with Gasteiger partial charge in [0.2, 0.25) is 17.8 Å². The Kier molecular flexibility index (Phi) is 7.71. The first-order valence-electron chi connectivity index (χ1n) is 15.6. The van der Waals surface area contributed by atoms with Crippen LogP contribution in [0.15, 0.2) is 87.8 Å². The second-order valence-electron chi connectivity index (χ2n) is 11.7. The highest BCUT2D eigenvalue weighted by molar-refractivity contribution is 7.99. The van der Waals surface area contributed by atoms with Crippen molar-refractivity contribution < 1.29 is 4.79 Å². The van der Waals surface area contributed by atoms with Gasteiger partial charge in [-0.25, -0.2) is 5.43 Å². The Morgan fingerprint density at radius 1 is 0.848 bits per heavy atom. The van der Waals surface area contributed by atoms with Gasteiger partial charge in [-0.3, -0.25) is 9.69 Å². The van der Waals surface area contributed by atoms with Crippen LogP contribution in [-0.4, -0.2) is 57.8 Å². The minimum Gasteiger partial charge on any atom is -0.341 e. The molecule has 0 radical (unpaired) electrons. The summed E-state index contributed by atoms with van der Waals surface area (Å²) in [5.41, 5.74) is 6.54. The Hall–Kier alpha value is -4.61. The number of carbonyl (C=O) groups is 1. The number of aromatic nitrogens is 4. The van der Waals surface area contributed by atoms with Crippen LogP contribution in [0, 0.1) is 0 Å². The number of fused-ring (bicyclic) bond motifs is 3. The predicted octanol–water partition coefficient (Wildman–Crippen LogP) is 6.96. The van der Waals surface area contributed by atoms with Crippen LogP contribution in [0.2, 0.25) is 5.02 Å². The third kappa shape index (κ3) is 5.54. The number of hydrogen-bond donors (Lipinski definition) is 1. The molecule has 232 valence electrons. The highest BCUT2D eigenvalue weighted by Crippen LogP contribution is 2.49. The number of hydrogen-bond acceptors (Lipinski definition) is 9. The van der Waals surface area contributed by atoms with Gasteiger partial charge in [-0.05, 0) is 62.1 Å². The topological polar surface area (TPSA) is 94.8 Å². The van der Waals surface area contributed by atoms with Crippen LogP contribution in [0.1, 0.15) is 31.2 Å². The fourth-order valence-corrected chi connectivity index (χ4v) is 7.61. The van der Waals surface area contributed by atoms with E-state index in [2.05, 4.69) is 20.3 Å². The molecule has 2 fully saturated rings. The fourth-order valence-electron chi connectivity index (χ4n) is 6.40. The normalized spacial score (nSPS) is 16.0. The van der Waals surface area contributed by atoms with Gasteiger partial charge in [-0.2, -0.15) is 20.1 Å². The molecule has 5 aromatic rings. The standard InChI is InChI=1S/C34H32ClN9OS/c35-24-13-14-30-28(19-24)44(27-11-3-4-12-29(27)46-30)31(45)22-43-21-23(25-9-1-2-10-26(25)43)20-36-40-32-37-33(41-15-5-6-16-41)39-34(38-32)42-17-7-8-18-42/h1-4,9-14,19-21H,5-8,15-18,22H2,(H,37,38,39,40)/b36-20-. The van der Waals surface area contributed by atoms with E-state index in [-0.39, 0.29) is 12.5 Å². The lowest BCUT2D eigenvalue weighted by Crippen LogP contribution is -2.31. The smallest absolute Gasteiger partial charge is 0.251 e. The summed E-state index contributed by atoms with van der Waals surface area (Å²) in [6, 6.07) is 21.7. The van der Waals surface area contributed by atoms with E-state index in [0.29, 0.717) is 22.9 Å². The van der Waals surface area contributed by atoms with Gasteiger partial charge in [0.1, 0.15) is 6.54 Å². The average molecular weight is 650 g/mol. The molecule has 5 heterocycles. The van der Waals surface area contributed by atoms with Gasteiger partial charge in [0.15, 0.2) is 0 Å². The minimum absolute atomic E-state index is 0.0623. The molecule has 8 rings (SSSR count). The Bertz CT molecular complexity index is 1930. The van der Waals surface area contributed by atoms with Crippen molar-refractivity contribution in [3.63, 3.8) is 0 Å². The monoisotopic (exact) mass is 649 g/mol. The zero-order valence-corrected chi connectivity index (χ0v) is 26.7. The molecular weight excluding hydrogens is 618 g/mol. The zero-order chi connectivity index (χ0) is 31.0. The molecule has 2 saturated heterocycles. The number of nitrogens with zero attached hydrogens (tertiary/aromatic N) is 8. The quantitative estimate of drug-likeness (QED) is 0.149. The van der Waals surface area contributed by atoms with Gasteiger partial charge in [0, 0.05) is 63.7 Å². The summed E-state index contributed by atoms with van der Waals surface area (Å²) in [6.45, 7) is 3.93. The molecule has 3 aromatic carbocycles. The Labute approximate surface area is 276 Å². The van der Waals surface area contributed by atoms with Gasteiger partial charge in [0.25, 0.3) is 5.91 Å². The van der Waals surface area contributed by atoms with Crippen LogP contribution in [0.5, 0.6) is 0 Å². The number of hydrazone groups is 1. The van der Waals surface area contributed by atoms with Crippen LogP contribution < -0.4 is 20.1 Å². The molecule has 12 heteroatoms. The van der Waals surface area contributed by atoms with Crippen molar-refractivity contribution in [2.75, 3.05) is 46.3 Å². The van der Waals surface area contributed by atoms with Crippen LogP contribution in [-0.2, 0) is 11.3 Å². The molecule has 10 nitrogen and oxygen atoms in total. The SMILES string of the molecule is O=C(Cn1cc(/C=N\Nc2nc(N3CCCC3)nc(N3CCCC3)n2)c2ccccc21)N1c2ccccc2Sc2ccc(Cl)cc21. The summed E-state index contributed by atoms with van der Waals surface area (Å²) in [7, 11) is 0. The molecule has 0 unspecified atom stereocenters.